The van der Waals surface area contributed by atoms with Crippen molar-refractivity contribution in [2.24, 2.45) is 0 Å². The van der Waals surface area contributed by atoms with E-state index < -0.39 is 10.0 Å². The summed E-state index contributed by atoms with van der Waals surface area (Å²) in [5.41, 5.74) is 2.87. The predicted molar refractivity (Wildman–Crippen MR) is 69.3 cm³/mol. The number of benzene rings is 1. The van der Waals surface area contributed by atoms with Gasteiger partial charge < -0.3 is 0 Å². The first kappa shape index (κ1) is 12.8. The van der Waals surface area contributed by atoms with Crippen LogP contribution in [-0.4, -0.2) is 25.2 Å². The molecule has 0 saturated carbocycles. The van der Waals surface area contributed by atoms with Crippen molar-refractivity contribution >= 4 is 10.0 Å². The fraction of sp³-hybridized carbons (Fsp3) is 0.250. The molecule has 0 spiro atoms. The first-order valence-corrected chi connectivity index (χ1v) is 6.98. The van der Waals surface area contributed by atoms with Gasteiger partial charge in [-0.25, -0.2) is 17.8 Å². The van der Waals surface area contributed by atoms with Gasteiger partial charge in [0, 0.05) is 0 Å². The molecule has 0 bridgehead atoms. The number of sulfonamides is 1. The molecule has 0 aliphatic heterocycles. The molecule has 0 aliphatic rings. The Hall–Kier alpha value is -1.66. The maximum absolute atomic E-state index is 11.9. The van der Waals surface area contributed by atoms with Crippen LogP contribution >= 0.6 is 0 Å². The monoisotopic (exact) mass is 265 g/mol. The molecule has 2 rings (SSSR count). The van der Waals surface area contributed by atoms with E-state index in [0.29, 0.717) is 0 Å². The zero-order valence-electron chi connectivity index (χ0n) is 10.5. The van der Waals surface area contributed by atoms with Crippen molar-refractivity contribution in [3.05, 3.63) is 41.6 Å². The van der Waals surface area contributed by atoms with E-state index in [2.05, 4.69) is 9.82 Å². The summed E-state index contributed by atoms with van der Waals surface area (Å²) in [5.74, 6) is 0. The third-order valence-electron chi connectivity index (χ3n) is 2.60. The molecule has 1 aromatic carbocycles. The van der Waals surface area contributed by atoms with Crippen LogP contribution in [-0.2, 0) is 10.0 Å². The van der Waals surface area contributed by atoms with Crippen molar-refractivity contribution < 1.29 is 8.42 Å². The number of aryl methyl sites for hydroxylation is 2. The highest BCUT2D eigenvalue weighted by Gasteiger charge is 2.18. The van der Waals surface area contributed by atoms with E-state index in [1.807, 2.05) is 32.0 Å². The molecule has 0 amide bonds. The molecule has 1 aromatic heterocycles. The van der Waals surface area contributed by atoms with Gasteiger partial charge in [0.1, 0.15) is 0 Å². The second-order valence-electron chi connectivity index (χ2n) is 4.13. The summed E-state index contributed by atoms with van der Waals surface area (Å²) in [4.78, 5) is 0. The lowest BCUT2D eigenvalue weighted by Crippen LogP contribution is -2.22. The van der Waals surface area contributed by atoms with E-state index in [9.17, 15) is 8.42 Å². The van der Waals surface area contributed by atoms with E-state index >= 15 is 0 Å². The minimum Gasteiger partial charge on any atom is -0.221 e. The Labute approximate surface area is 107 Å². The normalized spacial score (nSPS) is 11.7. The van der Waals surface area contributed by atoms with Gasteiger partial charge in [-0.2, -0.15) is 5.10 Å². The fourth-order valence-electron chi connectivity index (χ4n) is 1.87. The number of nitrogens with one attached hydrogen (secondary N) is 1. The van der Waals surface area contributed by atoms with Crippen LogP contribution in [0.2, 0.25) is 0 Å². The molecule has 2 aromatic rings. The molecule has 0 unspecified atom stereocenters. The van der Waals surface area contributed by atoms with Gasteiger partial charge in [0.25, 0.3) is 10.0 Å². The van der Waals surface area contributed by atoms with Crippen LogP contribution in [0.25, 0.3) is 5.69 Å². The molecule has 6 heteroatoms. The molecule has 1 N–H and O–H groups in total. The summed E-state index contributed by atoms with van der Waals surface area (Å²) in [5, 5.41) is 4.21. The Morgan fingerprint density at radius 3 is 2.33 bits per heavy atom. The van der Waals surface area contributed by atoms with Crippen molar-refractivity contribution in [1.82, 2.24) is 14.5 Å². The molecule has 18 heavy (non-hydrogen) atoms. The van der Waals surface area contributed by atoms with Gasteiger partial charge in [0.2, 0.25) is 0 Å². The Balaban J connectivity index is 2.63. The maximum atomic E-state index is 11.9. The van der Waals surface area contributed by atoms with Gasteiger partial charge in [-0.3, -0.25) is 0 Å². The van der Waals surface area contributed by atoms with Crippen LogP contribution in [0, 0.1) is 13.8 Å². The molecule has 0 aliphatic carbocycles. The van der Waals surface area contributed by atoms with Gasteiger partial charge in [0.15, 0.2) is 5.03 Å². The van der Waals surface area contributed by atoms with Crippen molar-refractivity contribution in [3.8, 4) is 5.69 Å². The van der Waals surface area contributed by atoms with E-state index in [-0.39, 0.29) is 5.03 Å². The third kappa shape index (κ3) is 2.30. The van der Waals surface area contributed by atoms with E-state index in [1.165, 1.54) is 24.0 Å². The third-order valence-corrected chi connectivity index (χ3v) is 4.00. The summed E-state index contributed by atoms with van der Waals surface area (Å²) in [6.07, 6.45) is 1.47. The predicted octanol–water partition coefficient (Wildman–Crippen LogP) is 1.40. The number of hydrogen-bond donors (Lipinski definition) is 1. The second kappa shape index (κ2) is 4.55. The van der Waals surface area contributed by atoms with E-state index in [0.717, 1.165) is 16.8 Å². The van der Waals surface area contributed by atoms with Crippen LogP contribution in [0.1, 0.15) is 11.1 Å². The van der Waals surface area contributed by atoms with Crippen LogP contribution in [0.5, 0.6) is 0 Å². The smallest absolute Gasteiger partial charge is 0.221 e. The zero-order valence-corrected chi connectivity index (χ0v) is 11.3. The molecule has 0 saturated heterocycles. The minimum absolute atomic E-state index is 0.134. The van der Waals surface area contributed by atoms with Crippen LogP contribution in [0.4, 0.5) is 0 Å². The Bertz CT molecular complexity index is 654. The fourth-order valence-corrected chi connectivity index (χ4v) is 2.70. The number of aromatic nitrogens is 2. The van der Waals surface area contributed by atoms with Crippen molar-refractivity contribution in [2.45, 2.75) is 18.9 Å². The van der Waals surface area contributed by atoms with Crippen LogP contribution < -0.4 is 4.72 Å². The summed E-state index contributed by atoms with van der Waals surface area (Å²) < 4.78 is 27.4. The Morgan fingerprint density at radius 1 is 1.17 bits per heavy atom. The standard InChI is InChI=1S/C12H15N3O2S/c1-9-6-10(2)8-11(7-9)15-12(4-5-14-15)18(16,17)13-3/h4-8,13H,1-3H3. The topological polar surface area (TPSA) is 64.0 Å². The average molecular weight is 265 g/mol. The van der Waals surface area contributed by atoms with Crippen molar-refractivity contribution in [3.63, 3.8) is 0 Å². The lowest BCUT2D eigenvalue weighted by atomic mass is 10.1. The Morgan fingerprint density at radius 2 is 1.78 bits per heavy atom. The molecular formula is C12H15N3O2S. The summed E-state index contributed by atoms with van der Waals surface area (Å²) in [6.45, 7) is 3.93. The zero-order chi connectivity index (χ0) is 13.3. The second-order valence-corrected chi connectivity index (χ2v) is 5.97. The minimum atomic E-state index is -3.51. The molecule has 0 radical (unpaired) electrons. The largest absolute Gasteiger partial charge is 0.257 e. The Kier molecular flexibility index (Phi) is 3.23. The van der Waals surface area contributed by atoms with Gasteiger partial charge in [-0.15, -0.1) is 0 Å². The van der Waals surface area contributed by atoms with Crippen molar-refractivity contribution in [1.29, 1.82) is 0 Å². The van der Waals surface area contributed by atoms with Gasteiger partial charge in [-0.1, -0.05) is 6.07 Å². The van der Waals surface area contributed by atoms with Crippen LogP contribution in [0.15, 0.2) is 35.5 Å². The van der Waals surface area contributed by atoms with Gasteiger partial charge >= 0.3 is 0 Å². The highest BCUT2D eigenvalue weighted by molar-refractivity contribution is 7.89. The van der Waals surface area contributed by atoms with Gasteiger partial charge in [0.05, 0.1) is 11.9 Å². The number of rotatable bonds is 3. The molecule has 96 valence electrons. The van der Waals surface area contributed by atoms with Gasteiger partial charge in [-0.05, 0) is 50.2 Å². The number of nitrogens with zero attached hydrogens (tertiary/aromatic N) is 2. The highest BCUT2D eigenvalue weighted by Crippen LogP contribution is 2.17. The average Bonchev–Trinajstić information content (AvgIpc) is 2.77. The van der Waals surface area contributed by atoms with E-state index in [1.54, 1.807) is 0 Å². The molecule has 1 heterocycles. The molecule has 0 fully saturated rings. The molecule has 0 atom stereocenters. The quantitative estimate of drug-likeness (QED) is 0.912. The SMILES string of the molecule is CNS(=O)(=O)c1ccnn1-c1cc(C)cc(C)c1. The van der Waals surface area contributed by atoms with Crippen LogP contribution in [0.3, 0.4) is 0 Å². The lowest BCUT2D eigenvalue weighted by Gasteiger charge is -2.09. The first-order valence-electron chi connectivity index (χ1n) is 5.50. The lowest BCUT2D eigenvalue weighted by molar-refractivity contribution is 0.578. The number of hydrogen-bond acceptors (Lipinski definition) is 3. The summed E-state index contributed by atoms with van der Waals surface area (Å²) >= 11 is 0. The molecular weight excluding hydrogens is 250 g/mol. The summed E-state index contributed by atoms with van der Waals surface area (Å²) in [7, 11) is -2.13. The van der Waals surface area contributed by atoms with E-state index in [4.69, 9.17) is 0 Å². The first-order chi connectivity index (χ1) is 8.44. The highest BCUT2D eigenvalue weighted by atomic mass is 32.2. The van der Waals surface area contributed by atoms with Crippen molar-refractivity contribution in [2.75, 3.05) is 7.05 Å². The maximum Gasteiger partial charge on any atom is 0.257 e. The molecule has 5 nitrogen and oxygen atoms in total. The summed E-state index contributed by atoms with van der Waals surface area (Å²) in [6, 6.07) is 7.30.